The predicted octanol–water partition coefficient (Wildman–Crippen LogP) is 1.80. The van der Waals surface area contributed by atoms with Crippen LogP contribution in [0.15, 0.2) is 0 Å². The summed E-state index contributed by atoms with van der Waals surface area (Å²) in [5, 5.41) is 9.95. The number of amides is 1. The third-order valence-electron chi connectivity index (χ3n) is 3.06. The Bertz CT molecular complexity index is 220. The topological polar surface area (TPSA) is 40.5 Å². The van der Waals surface area contributed by atoms with Crippen molar-refractivity contribution in [1.29, 1.82) is 0 Å². The SMILES string of the molecule is CC(C)(C)C(O)CN1CCCCCC1=O. The lowest BCUT2D eigenvalue weighted by molar-refractivity contribution is -0.133. The molecule has 1 rings (SSSR count). The molecule has 1 fully saturated rings. The van der Waals surface area contributed by atoms with Crippen molar-refractivity contribution in [3.63, 3.8) is 0 Å². The van der Waals surface area contributed by atoms with Gasteiger partial charge in [-0.15, -0.1) is 0 Å². The number of carbonyl (C=O) groups excluding carboxylic acids is 1. The van der Waals surface area contributed by atoms with E-state index in [1.54, 1.807) is 0 Å². The maximum Gasteiger partial charge on any atom is 0.222 e. The maximum absolute atomic E-state index is 11.7. The van der Waals surface area contributed by atoms with Gasteiger partial charge in [-0.05, 0) is 18.3 Å². The van der Waals surface area contributed by atoms with Crippen LogP contribution in [0.3, 0.4) is 0 Å². The Labute approximate surface area is 92.5 Å². The molecule has 0 aliphatic carbocycles. The molecule has 0 radical (unpaired) electrons. The van der Waals surface area contributed by atoms with Crippen LogP contribution >= 0.6 is 0 Å². The molecule has 0 aromatic rings. The van der Waals surface area contributed by atoms with Crippen molar-refractivity contribution >= 4 is 5.91 Å². The maximum atomic E-state index is 11.7. The molecule has 0 aromatic carbocycles. The minimum atomic E-state index is -0.431. The molecule has 0 bridgehead atoms. The van der Waals surface area contributed by atoms with E-state index in [1.807, 2.05) is 25.7 Å². The van der Waals surface area contributed by atoms with Crippen LogP contribution in [0.5, 0.6) is 0 Å². The van der Waals surface area contributed by atoms with Gasteiger partial charge in [-0.1, -0.05) is 27.2 Å². The van der Waals surface area contributed by atoms with Crippen molar-refractivity contribution in [2.45, 2.75) is 52.6 Å². The molecular formula is C12H23NO2. The van der Waals surface area contributed by atoms with E-state index in [0.29, 0.717) is 13.0 Å². The molecule has 3 nitrogen and oxygen atoms in total. The lowest BCUT2D eigenvalue weighted by Gasteiger charge is -2.31. The summed E-state index contributed by atoms with van der Waals surface area (Å²) in [6.45, 7) is 7.30. The number of aliphatic hydroxyl groups excluding tert-OH is 1. The molecular weight excluding hydrogens is 190 g/mol. The van der Waals surface area contributed by atoms with E-state index in [4.69, 9.17) is 0 Å². The van der Waals surface area contributed by atoms with Crippen LogP contribution in [0.4, 0.5) is 0 Å². The third kappa shape index (κ3) is 3.82. The Kier molecular flexibility index (Phi) is 4.14. The number of hydrogen-bond donors (Lipinski definition) is 1. The fraction of sp³-hybridized carbons (Fsp3) is 0.917. The molecule has 1 heterocycles. The molecule has 1 N–H and O–H groups in total. The second-order valence-corrected chi connectivity index (χ2v) is 5.53. The number of hydrogen-bond acceptors (Lipinski definition) is 2. The van der Waals surface area contributed by atoms with E-state index in [2.05, 4.69) is 0 Å². The molecule has 0 saturated carbocycles. The summed E-state index contributed by atoms with van der Waals surface area (Å²) in [7, 11) is 0. The Morgan fingerprint density at radius 3 is 2.60 bits per heavy atom. The Balaban J connectivity index is 2.51. The van der Waals surface area contributed by atoms with Gasteiger partial charge < -0.3 is 10.0 Å². The molecule has 88 valence electrons. The summed E-state index contributed by atoms with van der Waals surface area (Å²) >= 11 is 0. The molecule has 0 aromatic heterocycles. The van der Waals surface area contributed by atoms with Crippen LogP contribution in [-0.4, -0.2) is 35.1 Å². The summed E-state index contributed by atoms with van der Waals surface area (Å²) in [5.74, 6) is 0.204. The second kappa shape index (κ2) is 4.97. The van der Waals surface area contributed by atoms with Gasteiger partial charge in [-0.2, -0.15) is 0 Å². The molecule has 0 spiro atoms. The van der Waals surface area contributed by atoms with Gasteiger partial charge in [0.15, 0.2) is 0 Å². The van der Waals surface area contributed by atoms with Crippen LogP contribution in [0.25, 0.3) is 0 Å². The van der Waals surface area contributed by atoms with Gasteiger partial charge >= 0.3 is 0 Å². The molecule has 1 unspecified atom stereocenters. The predicted molar refractivity (Wildman–Crippen MR) is 60.5 cm³/mol. The Hall–Kier alpha value is -0.570. The van der Waals surface area contributed by atoms with Gasteiger partial charge in [0.25, 0.3) is 0 Å². The first kappa shape index (κ1) is 12.5. The lowest BCUT2D eigenvalue weighted by atomic mass is 9.89. The number of nitrogens with zero attached hydrogens (tertiary/aromatic N) is 1. The fourth-order valence-electron chi connectivity index (χ4n) is 1.71. The lowest BCUT2D eigenvalue weighted by Crippen LogP contribution is -2.42. The van der Waals surface area contributed by atoms with E-state index in [-0.39, 0.29) is 11.3 Å². The highest BCUT2D eigenvalue weighted by Gasteiger charge is 2.26. The van der Waals surface area contributed by atoms with Crippen molar-refractivity contribution in [3.8, 4) is 0 Å². The third-order valence-corrected chi connectivity index (χ3v) is 3.06. The standard InChI is InChI=1S/C12H23NO2/c1-12(2,3)10(14)9-13-8-6-4-5-7-11(13)15/h10,14H,4-9H2,1-3H3. The number of aliphatic hydroxyl groups is 1. The summed E-state index contributed by atoms with van der Waals surface area (Å²) < 4.78 is 0. The van der Waals surface area contributed by atoms with Crippen LogP contribution < -0.4 is 0 Å². The summed E-state index contributed by atoms with van der Waals surface area (Å²) in [6.07, 6.45) is 3.42. The van der Waals surface area contributed by atoms with Crippen LogP contribution in [0.1, 0.15) is 46.5 Å². The fourth-order valence-corrected chi connectivity index (χ4v) is 1.71. The van der Waals surface area contributed by atoms with E-state index >= 15 is 0 Å². The smallest absolute Gasteiger partial charge is 0.222 e. The number of rotatable bonds is 2. The zero-order chi connectivity index (χ0) is 11.5. The van der Waals surface area contributed by atoms with Crippen molar-refractivity contribution in [2.24, 2.45) is 5.41 Å². The van der Waals surface area contributed by atoms with E-state index in [1.165, 1.54) is 0 Å². The average molecular weight is 213 g/mol. The minimum absolute atomic E-state index is 0.146. The first-order valence-electron chi connectivity index (χ1n) is 5.87. The minimum Gasteiger partial charge on any atom is -0.391 e. The molecule has 3 heteroatoms. The van der Waals surface area contributed by atoms with Crippen LogP contribution in [0.2, 0.25) is 0 Å². The van der Waals surface area contributed by atoms with Crippen molar-refractivity contribution in [1.82, 2.24) is 4.90 Å². The van der Waals surface area contributed by atoms with Crippen molar-refractivity contribution < 1.29 is 9.90 Å². The Morgan fingerprint density at radius 2 is 2.00 bits per heavy atom. The molecule has 1 aliphatic heterocycles. The van der Waals surface area contributed by atoms with Crippen LogP contribution in [-0.2, 0) is 4.79 Å². The molecule has 1 atom stereocenters. The van der Waals surface area contributed by atoms with Crippen molar-refractivity contribution in [3.05, 3.63) is 0 Å². The van der Waals surface area contributed by atoms with Gasteiger partial charge in [0.05, 0.1) is 6.10 Å². The summed E-state index contributed by atoms with van der Waals surface area (Å²) in [6, 6.07) is 0. The van der Waals surface area contributed by atoms with Gasteiger partial charge in [0.2, 0.25) is 5.91 Å². The molecule has 1 aliphatic rings. The van der Waals surface area contributed by atoms with Crippen LogP contribution in [0, 0.1) is 5.41 Å². The van der Waals surface area contributed by atoms with E-state index in [9.17, 15) is 9.90 Å². The molecule has 1 saturated heterocycles. The molecule has 15 heavy (non-hydrogen) atoms. The van der Waals surface area contributed by atoms with Gasteiger partial charge in [-0.25, -0.2) is 0 Å². The first-order chi connectivity index (χ1) is 6.91. The highest BCUT2D eigenvalue weighted by Crippen LogP contribution is 2.21. The highest BCUT2D eigenvalue weighted by molar-refractivity contribution is 5.76. The summed E-state index contributed by atoms with van der Waals surface area (Å²) in [5.41, 5.74) is -0.146. The number of β-amino-alcohol motifs (C(OH)–C–C–N with tert-alkyl or cyclic N) is 1. The number of likely N-dealkylation sites (tertiary alicyclic amines) is 1. The number of carbonyl (C=O) groups is 1. The largest absolute Gasteiger partial charge is 0.391 e. The van der Waals surface area contributed by atoms with Crippen molar-refractivity contribution in [2.75, 3.05) is 13.1 Å². The van der Waals surface area contributed by atoms with Gasteiger partial charge in [0, 0.05) is 19.5 Å². The normalized spacial score (nSPS) is 21.3. The zero-order valence-electron chi connectivity index (χ0n) is 10.1. The quantitative estimate of drug-likeness (QED) is 0.760. The molecule has 1 amide bonds. The highest BCUT2D eigenvalue weighted by atomic mass is 16.3. The van der Waals surface area contributed by atoms with Gasteiger partial charge in [0.1, 0.15) is 0 Å². The second-order valence-electron chi connectivity index (χ2n) is 5.53. The Morgan fingerprint density at radius 1 is 1.33 bits per heavy atom. The van der Waals surface area contributed by atoms with Gasteiger partial charge in [-0.3, -0.25) is 4.79 Å². The summed E-state index contributed by atoms with van der Waals surface area (Å²) in [4.78, 5) is 13.5. The van der Waals surface area contributed by atoms with E-state index in [0.717, 1.165) is 25.8 Å². The average Bonchev–Trinajstić information content (AvgIpc) is 2.30. The first-order valence-corrected chi connectivity index (χ1v) is 5.87. The monoisotopic (exact) mass is 213 g/mol. The van der Waals surface area contributed by atoms with E-state index < -0.39 is 6.10 Å². The zero-order valence-corrected chi connectivity index (χ0v) is 10.1.